The van der Waals surface area contributed by atoms with Gasteiger partial charge in [0.05, 0.1) is 11.6 Å². The Hall–Kier alpha value is -0.780. The van der Waals surface area contributed by atoms with E-state index < -0.39 is 0 Å². The molecule has 1 aliphatic rings. The van der Waals surface area contributed by atoms with Crippen LogP contribution in [0.2, 0.25) is 0 Å². The molecular weight excluding hydrogens is 320 g/mol. The van der Waals surface area contributed by atoms with Crippen LogP contribution in [0.1, 0.15) is 31.4 Å². The fraction of sp³-hybridized carbons (Fsp3) is 0.600. The minimum Gasteiger partial charge on any atom is -0.503 e. The maximum absolute atomic E-state index is 9.91. The van der Waals surface area contributed by atoms with Crippen molar-refractivity contribution in [3.8, 4) is 11.5 Å². The zero-order valence-corrected chi connectivity index (χ0v) is 13.7. The molecule has 112 valence electrons. The zero-order valence-electron chi connectivity index (χ0n) is 12.1. The highest BCUT2D eigenvalue weighted by atomic mass is 79.9. The number of hydrogen-bond donors (Lipinski definition) is 2. The monoisotopic (exact) mass is 342 g/mol. The molecule has 0 aromatic heterocycles. The van der Waals surface area contributed by atoms with Crippen molar-refractivity contribution in [1.29, 1.82) is 0 Å². The van der Waals surface area contributed by atoms with Gasteiger partial charge >= 0.3 is 0 Å². The Balaban J connectivity index is 2.29. The summed E-state index contributed by atoms with van der Waals surface area (Å²) in [5.74, 6) is 1.33. The van der Waals surface area contributed by atoms with Gasteiger partial charge in [-0.3, -0.25) is 4.90 Å². The maximum atomic E-state index is 9.91. The summed E-state index contributed by atoms with van der Waals surface area (Å²) in [5, 5.41) is 9.91. The molecule has 0 bridgehead atoms. The molecule has 5 heteroatoms. The lowest BCUT2D eigenvalue weighted by Crippen LogP contribution is -2.40. The van der Waals surface area contributed by atoms with Crippen LogP contribution in [-0.2, 0) is 0 Å². The highest BCUT2D eigenvalue weighted by Crippen LogP contribution is 2.38. The molecule has 1 aromatic carbocycles. The predicted octanol–water partition coefficient (Wildman–Crippen LogP) is 2.90. The Bertz CT molecular complexity index is 467. The van der Waals surface area contributed by atoms with Crippen LogP contribution in [-0.4, -0.2) is 36.8 Å². The lowest BCUT2D eigenvalue weighted by atomic mass is 9.96. The third kappa shape index (κ3) is 3.27. The summed E-state index contributed by atoms with van der Waals surface area (Å²) in [6.07, 6.45) is 2.50. The van der Waals surface area contributed by atoms with E-state index >= 15 is 0 Å². The molecule has 1 fully saturated rings. The number of ether oxygens (including phenoxy) is 1. The van der Waals surface area contributed by atoms with Gasteiger partial charge in [0.1, 0.15) is 0 Å². The molecule has 1 aliphatic heterocycles. The lowest BCUT2D eigenvalue weighted by Gasteiger charge is -2.37. The molecule has 2 unspecified atom stereocenters. The molecule has 1 aromatic rings. The topological polar surface area (TPSA) is 58.7 Å². The second-order valence-electron chi connectivity index (χ2n) is 5.55. The van der Waals surface area contributed by atoms with Crippen LogP contribution in [0.15, 0.2) is 16.6 Å². The van der Waals surface area contributed by atoms with Crippen molar-refractivity contribution in [3.05, 3.63) is 22.2 Å². The van der Waals surface area contributed by atoms with Crippen LogP contribution in [0.3, 0.4) is 0 Å². The van der Waals surface area contributed by atoms with Gasteiger partial charge in [0.25, 0.3) is 0 Å². The first kappa shape index (κ1) is 15.6. The van der Waals surface area contributed by atoms with E-state index in [1.54, 1.807) is 7.11 Å². The van der Waals surface area contributed by atoms with Crippen molar-refractivity contribution in [2.24, 2.45) is 11.7 Å². The lowest BCUT2D eigenvalue weighted by molar-refractivity contribution is 0.133. The standard InChI is InChI=1S/C15H23BrN2O2/c1-10-4-3-5-18(9-10)13(8-17)11-6-12(16)15(19)14(7-11)20-2/h6-7,10,13,19H,3-5,8-9,17H2,1-2H3. The Morgan fingerprint density at radius 1 is 1.55 bits per heavy atom. The van der Waals surface area contributed by atoms with Crippen molar-refractivity contribution in [2.45, 2.75) is 25.8 Å². The van der Waals surface area contributed by atoms with Crippen LogP contribution < -0.4 is 10.5 Å². The summed E-state index contributed by atoms with van der Waals surface area (Å²) in [7, 11) is 1.56. The number of halogens is 1. The number of aromatic hydroxyl groups is 1. The number of phenolic OH excluding ortho intramolecular Hbond substituents is 1. The number of hydrogen-bond acceptors (Lipinski definition) is 4. The van der Waals surface area contributed by atoms with E-state index in [4.69, 9.17) is 10.5 Å². The number of phenols is 1. The molecule has 1 saturated heterocycles. The Morgan fingerprint density at radius 2 is 2.30 bits per heavy atom. The second kappa shape index (κ2) is 6.78. The first-order chi connectivity index (χ1) is 9.56. The smallest absolute Gasteiger partial charge is 0.172 e. The first-order valence-electron chi connectivity index (χ1n) is 7.07. The van der Waals surface area contributed by atoms with Gasteiger partial charge in [-0.15, -0.1) is 0 Å². The van der Waals surface area contributed by atoms with Gasteiger partial charge in [0, 0.05) is 19.1 Å². The Morgan fingerprint density at radius 3 is 2.90 bits per heavy atom. The normalized spacial score (nSPS) is 21.7. The van der Waals surface area contributed by atoms with Gasteiger partial charge in [-0.1, -0.05) is 6.92 Å². The number of rotatable bonds is 4. The average molecular weight is 343 g/mol. The molecule has 20 heavy (non-hydrogen) atoms. The number of nitrogens with two attached hydrogens (primary N) is 1. The summed E-state index contributed by atoms with van der Waals surface area (Å²) in [4.78, 5) is 2.44. The minimum absolute atomic E-state index is 0.138. The molecule has 2 atom stereocenters. The summed E-state index contributed by atoms with van der Waals surface area (Å²) < 4.78 is 5.88. The molecular formula is C15H23BrN2O2. The van der Waals surface area contributed by atoms with Crippen LogP contribution in [0, 0.1) is 5.92 Å². The van der Waals surface area contributed by atoms with Crippen molar-refractivity contribution >= 4 is 15.9 Å². The average Bonchev–Trinajstić information content (AvgIpc) is 2.43. The SMILES string of the molecule is COc1cc(C(CN)N2CCCC(C)C2)cc(Br)c1O. The molecule has 0 aliphatic carbocycles. The molecule has 1 heterocycles. The van der Waals surface area contributed by atoms with E-state index in [1.165, 1.54) is 12.8 Å². The van der Waals surface area contributed by atoms with Gasteiger partial charge in [0.15, 0.2) is 11.5 Å². The van der Waals surface area contributed by atoms with Crippen LogP contribution in [0.4, 0.5) is 0 Å². The van der Waals surface area contributed by atoms with E-state index in [-0.39, 0.29) is 11.8 Å². The zero-order chi connectivity index (χ0) is 14.7. The van der Waals surface area contributed by atoms with Gasteiger partial charge < -0.3 is 15.6 Å². The second-order valence-corrected chi connectivity index (χ2v) is 6.40. The van der Waals surface area contributed by atoms with Crippen molar-refractivity contribution < 1.29 is 9.84 Å². The number of nitrogens with zero attached hydrogens (tertiary/aromatic N) is 1. The third-order valence-corrected chi connectivity index (χ3v) is 4.61. The Kier molecular flexibility index (Phi) is 5.29. The molecule has 0 saturated carbocycles. The van der Waals surface area contributed by atoms with E-state index in [9.17, 15) is 5.11 Å². The van der Waals surface area contributed by atoms with Crippen LogP contribution in [0.5, 0.6) is 11.5 Å². The summed E-state index contributed by atoms with van der Waals surface area (Å²) >= 11 is 3.38. The van der Waals surface area contributed by atoms with Crippen LogP contribution >= 0.6 is 15.9 Å². The minimum atomic E-state index is 0.138. The van der Waals surface area contributed by atoms with E-state index in [0.717, 1.165) is 18.7 Å². The van der Waals surface area contributed by atoms with Crippen molar-refractivity contribution in [3.63, 3.8) is 0 Å². The molecule has 4 nitrogen and oxygen atoms in total. The fourth-order valence-electron chi connectivity index (χ4n) is 2.95. The van der Waals surface area contributed by atoms with Gasteiger partial charge in [0.2, 0.25) is 0 Å². The number of methoxy groups -OCH3 is 1. The molecule has 2 rings (SSSR count). The number of piperidine rings is 1. The quantitative estimate of drug-likeness (QED) is 0.883. The van der Waals surface area contributed by atoms with E-state index in [2.05, 4.69) is 27.8 Å². The van der Waals surface area contributed by atoms with E-state index in [0.29, 0.717) is 22.7 Å². The summed E-state index contributed by atoms with van der Waals surface area (Å²) in [5.41, 5.74) is 7.09. The molecule has 0 amide bonds. The maximum Gasteiger partial charge on any atom is 0.172 e. The third-order valence-electron chi connectivity index (χ3n) is 4.01. The predicted molar refractivity (Wildman–Crippen MR) is 84.1 cm³/mol. The van der Waals surface area contributed by atoms with Crippen molar-refractivity contribution in [2.75, 3.05) is 26.7 Å². The van der Waals surface area contributed by atoms with Crippen LogP contribution in [0.25, 0.3) is 0 Å². The largest absolute Gasteiger partial charge is 0.503 e. The number of likely N-dealkylation sites (tertiary alicyclic amines) is 1. The number of benzene rings is 1. The Labute approximate surface area is 129 Å². The van der Waals surface area contributed by atoms with Crippen molar-refractivity contribution in [1.82, 2.24) is 4.90 Å². The highest BCUT2D eigenvalue weighted by Gasteiger charge is 2.25. The van der Waals surface area contributed by atoms with E-state index in [1.807, 2.05) is 12.1 Å². The molecule has 0 spiro atoms. The first-order valence-corrected chi connectivity index (χ1v) is 7.86. The fourth-order valence-corrected chi connectivity index (χ4v) is 3.41. The van der Waals surface area contributed by atoms with Gasteiger partial charge in [-0.05, 0) is 58.9 Å². The summed E-state index contributed by atoms with van der Waals surface area (Å²) in [6, 6.07) is 3.99. The highest BCUT2D eigenvalue weighted by molar-refractivity contribution is 9.10. The van der Waals surface area contributed by atoms with Gasteiger partial charge in [-0.2, -0.15) is 0 Å². The van der Waals surface area contributed by atoms with Gasteiger partial charge in [-0.25, -0.2) is 0 Å². The molecule has 0 radical (unpaired) electrons. The summed E-state index contributed by atoms with van der Waals surface area (Å²) in [6.45, 7) is 5.00. The molecule has 3 N–H and O–H groups in total.